The highest BCUT2D eigenvalue weighted by Crippen LogP contribution is 2.18. The molecule has 0 amide bonds. The maximum absolute atomic E-state index is 12.1. The van der Waals surface area contributed by atoms with E-state index in [4.69, 9.17) is 14.2 Å². The molecule has 0 saturated heterocycles. The molecule has 0 heterocycles. The van der Waals surface area contributed by atoms with Crippen molar-refractivity contribution in [3.05, 3.63) is 59.7 Å². The monoisotopic (exact) mass is 398 g/mol. The average molecular weight is 399 g/mol. The van der Waals surface area contributed by atoms with E-state index in [-0.39, 0.29) is 31.2 Å². The Balaban J connectivity index is 1.75. The fraction of sp³-hybridized carbons (Fsp3) is 0.480. The van der Waals surface area contributed by atoms with E-state index in [0.717, 1.165) is 35.5 Å². The van der Waals surface area contributed by atoms with Crippen LogP contribution in [0.4, 0.5) is 0 Å². The molecule has 158 valence electrons. The van der Waals surface area contributed by atoms with Crippen LogP contribution >= 0.6 is 0 Å². The number of unbranched alkanes of at least 4 members (excludes halogenated alkanes) is 1. The molecule has 0 fully saturated rings. The zero-order chi connectivity index (χ0) is 21.1. The van der Waals surface area contributed by atoms with Crippen LogP contribution in [0.5, 0.6) is 11.5 Å². The summed E-state index contributed by atoms with van der Waals surface area (Å²) in [6, 6.07) is 15.4. The summed E-state index contributed by atoms with van der Waals surface area (Å²) < 4.78 is 17.1. The number of rotatable bonds is 12. The Kier molecular flexibility index (Phi) is 9.55. The SMILES string of the molecule is CCCCC(C)Oc1ccc(COC(=O)Cc2ccc(OC(C)CC)cc2)cc1. The van der Waals surface area contributed by atoms with Crippen molar-refractivity contribution in [1.82, 2.24) is 0 Å². The zero-order valence-corrected chi connectivity index (χ0v) is 18.1. The predicted octanol–water partition coefficient (Wildman–Crippen LogP) is 6.11. The molecule has 2 rings (SSSR count). The molecule has 4 heteroatoms. The number of hydrogen-bond acceptors (Lipinski definition) is 4. The second-order valence-electron chi connectivity index (χ2n) is 7.53. The molecular formula is C25H34O4. The van der Waals surface area contributed by atoms with Gasteiger partial charge < -0.3 is 14.2 Å². The van der Waals surface area contributed by atoms with E-state index in [9.17, 15) is 4.79 Å². The maximum Gasteiger partial charge on any atom is 0.310 e. The van der Waals surface area contributed by atoms with Gasteiger partial charge in [-0.05, 0) is 62.1 Å². The average Bonchev–Trinajstić information content (AvgIpc) is 2.73. The summed E-state index contributed by atoms with van der Waals surface area (Å²) in [6.07, 6.45) is 5.00. The van der Waals surface area contributed by atoms with Crippen LogP contribution in [0.3, 0.4) is 0 Å². The minimum atomic E-state index is -0.242. The molecule has 2 aromatic rings. The van der Waals surface area contributed by atoms with Crippen LogP contribution in [-0.2, 0) is 22.6 Å². The Labute approximate surface area is 175 Å². The minimum Gasteiger partial charge on any atom is -0.491 e. The smallest absolute Gasteiger partial charge is 0.310 e. The molecular weight excluding hydrogens is 364 g/mol. The summed E-state index contributed by atoms with van der Waals surface area (Å²) in [5.74, 6) is 1.43. The van der Waals surface area contributed by atoms with Crippen LogP contribution in [0, 0.1) is 0 Å². The Morgan fingerprint density at radius 3 is 1.93 bits per heavy atom. The first kappa shape index (κ1) is 22.8. The van der Waals surface area contributed by atoms with Crippen LogP contribution in [0.25, 0.3) is 0 Å². The number of carbonyl (C=O) groups is 1. The van der Waals surface area contributed by atoms with Crippen molar-refractivity contribution in [3.8, 4) is 11.5 Å². The Morgan fingerprint density at radius 1 is 0.828 bits per heavy atom. The van der Waals surface area contributed by atoms with Gasteiger partial charge in [0.05, 0.1) is 18.6 Å². The van der Waals surface area contributed by atoms with Gasteiger partial charge in [-0.25, -0.2) is 0 Å². The molecule has 0 spiro atoms. The van der Waals surface area contributed by atoms with Crippen molar-refractivity contribution >= 4 is 5.97 Å². The number of benzene rings is 2. The normalized spacial score (nSPS) is 12.8. The zero-order valence-electron chi connectivity index (χ0n) is 18.1. The molecule has 29 heavy (non-hydrogen) atoms. The Morgan fingerprint density at radius 2 is 1.38 bits per heavy atom. The number of carbonyl (C=O) groups excluding carboxylic acids is 1. The van der Waals surface area contributed by atoms with Gasteiger partial charge in [-0.15, -0.1) is 0 Å². The molecule has 2 unspecified atom stereocenters. The van der Waals surface area contributed by atoms with Gasteiger partial charge in [-0.1, -0.05) is 51.0 Å². The third-order valence-corrected chi connectivity index (χ3v) is 4.81. The molecule has 0 aromatic heterocycles. The standard InChI is InChI=1S/C25H34O4/c1-5-7-8-20(4)29-24-15-11-22(12-16-24)18-27-25(26)17-21-9-13-23(14-10-21)28-19(3)6-2/h9-16,19-20H,5-8,17-18H2,1-4H3. The lowest BCUT2D eigenvalue weighted by Gasteiger charge is -2.14. The van der Waals surface area contributed by atoms with Gasteiger partial charge in [0.2, 0.25) is 0 Å². The van der Waals surface area contributed by atoms with E-state index in [1.807, 2.05) is 55.5 Å². The molecule has 0 bridgehead atoms. The first-order chi connectivity index (χ1) is 14.0. The molecule has 2 atom stereocenters. The Hall–Kier alpha value is -2.49. The van der Waals surface area contributed by atoms with Crippen molar-refractivity contribution in [2.75, 3.05) is 0 Å². The van der Waals surface area contributed by atoms with Gasteiger partial charge in [-0.3, -0.25) is 4.79 Å². The highest BCUT2D eigenvalue weighted by atomic mass is 16.5. The summed E-state index contributed by atoms with van der Waals surface area (Å²) >= 11 is 0. The van der Waals surface area contributed by atoms with Gasteiger partial charge in [0, 0.05) is 0 Å². The van der Waals surface area contributed by atoms with E-state index < -0.39 is 0 Å². The largest absolute Gasteiger partial charge is 0.491 e. The van der Waals surface area contributed by atoms with Crippen LogP contribution in [0.1, 0.15) is 64.5 Å². The van der Waals surface area contributed by atoms with Crippen molar-refractivity contribution < 1.29 is 19.0 Å². The van der Waals surface area contributed by atoms with Gasteiger partial charge >= 0.3 is 5.97 Å². The van der Waals surface area contributed by atoms with Crippen LogP contribution in [-0.4, -0.2) is 18.2 Å². The number of esters is 1. The first-order valence-corrected chi connectivity index (χ1v) is 10.7. The van der Waals surface area contributed by atoms with E-state index in [1.54, 1.807) is 0 Å². The summed E-state index contributed by atoms with van der Waals surface area (Å²) in [5, 5.41) is 0. The quantitative estimate of drug-likeness (QED) is 0.405. The van der Waals surface area contributed by atoms with Crippen LogP contribution in [0.2, 0.25) is 0 Å². The molecule has 0 aliphatic carbocycles. The Bertz CT molecular complexity index is 721. The second-order valence-corrected chi connectivity index (χ2v) is 7.53. The van der Waals surface area contributed by atoms with E-state index in [1.165, 1.54) is 12.8 Å². The van der Waals surface area contributed by atoms with Gasteiger partial charge in [0.1, 0.15) is 18.1 Å². The lowest BCUT2D eigenvalue weighted by atomic mass is 10.1. The first-order valence-electron chi connectivity index (χ1n) is 10.7. The van der Waals surface area contributed by atoms with Gasteiger partial charge in [-0.2, -0.15) is 0 Å². The fourth-order valence-corrected chi connectivity index (χ4v) is 2.83. The van der Waals surface area contributed by atoms with E-state index in [0.29, 0.717) is 0 Å². The second kappa shape index (κ2) is 12.2. The van der Waals surface area contributed by atoms with Gasteiger partial charge in [0.15, 0.2) is 0 Å². The summed E-state index contributed by atoms with van der Waals surface area (Å²) in [7, 11) is 0. The summed E-state index contributed by atoms with van der Waals surface area (Å²) in [5.41, 5.74) is 1.86. The van der Waals surface area contributed by atoms with Crippen LogP contribution < -0.4 is 9.47 Å². The van der Waals surface area contributed by atoms with E-state index >= 15 is 0 Å². The van der Waals surface area contributed by atoms with Crippen molar-refractivity contribution in [1.29, 1.82) is 0 Å². The molecule has 0 radical (unpaired) electrons. The topological polar surface area (TPSA) is 44.8 Å². The van der Waals surface area contributed by atoms with E-state index in [2.05, 4.69) is 20.8 Å². The third-order valence-electron chi connectivity index (χ3n) is 4.81. The lowest BCUT2D eigenvalue weighted by molar-refractivity contribution is -0.144. The summed E-state index contributed by atoms with van der Waals surface area (Å²) in [4.78, 5) is 12.1. The molecule has 4 nitrogen and oxygen atoms in total. The third kappa shape index (κ3) is 8.59. The van der Waals surface area contributed by atoms with Crippen molar-refractivity contribution in [3.63, 3.8) is 0 Å². The van der Waals surface area contributed by atoms with Crippen molar-refractivity contribution in [2.24, 2.45) is 0 Å². The highest BCUT2D eigenvalue weighted by molar-refractivity contribution is 5.72. The predicted molar refractivity (Wildman–Crippen MR) is 116 cm³/mol. The molecule has 2 aromatic carbocycles. The number of hydrogen-bond donors (Lipinski definition) is 0. The molecule has 0 aliphatic rings. The lowest BCUT2D eigenvalue weighted by Crippen LogP contribution is -2.11. The summed E-state index contributed by atoms with van der Waals surface area (Å²) in [6.45, 7) is 8.66. The van der Waals surface area contributed by atoms with Crippen LogP contribution in [0.15, 0.2) is 48.5 Å². The molecule has 0 N–H and O–H groups in total. The highest BCUT2D eigenvalue weighted by Gasteiger charge is 2.08. The van der Waals surface area contributed by atoms with Crippen molar-refractivity contribution in [2.45, 2.75) is 78.6 Å². The minimum absolute atomic E-state index is 0.183. The maximum atomic E-state index is 12.1. The molecule has 0 aliphatic heterocycles. The molecule has 0 saturated carbocycles. The number of ether oxygens (including phenoxy) is 3. The van der Waals surface area contributed by atoms with Gasteiger partial charge in [0.25, 0.3) is 0 Å². The fourth-order valence-electron chi connectivity index (χ4n) is 2.83.